The van der Waals surface area contributed by atoms with Crippen LogP contribution in [0.3, 0.4) is 0 Å². The van der Waals surface area contributed by atoms with Gasteiger partial charge in [0.1, 0.15) is 0 Å². The lowest BCUT2D eigenvalue weighted by Crippen LogP contribution is -2.35. The van der Waals surface area contributed by atoms with Crippen LogP contribution in [0.4, 0.5) is 0 Å². The lowest BCUT2D eigenvalue weighted by Gasteiger charge is -2.40. The predicted molar refractivity (Wildman–Crippen MR) is 88.5 cm³/mol. The van der Waals surface area contributed by atoms with Crippen LogP contribution in [0.25, 0.3) is 0 Å². The van der Waals surface area contributed by atoms with E-state index in [9.17, 15) is 5.11 Å². The van der Waals surface area contributed by atoms with Crippen LogP contribution in [0.1, 0.15) is 63.1 Å². The number of fused-ring (bicyclic) bond motifs is 1. The molecule has 1 heteroatoms. The van der Waals surface area contributed by atoms with Gasteiger partial charge in [0.25, 0.3) is 0 Å². The van der Waals surface area contributed by atoms with E-state index in [0.717, 1.165) is 18.8 Å². The Balaban J connectivity index is 1.70. The highest BCUT2D eigenvalue weighted by Crippen LogP contribution is 2.41. The van der Waals surface area contributed by atoms with Crippen LogP contribution < -0.4 is 0 Å². The minimum atomic E-state index is -0.100. The maximum absolute atomic E-state index is 10.4. The van der Waals surface area contributed by atoms with Gasteiger partial charge >= 0.3 is 0 Å². The molecule has 1 saturated carbocycles. The molecule has 0 spiro atoms. The van der Waals surface area contributed by atoms with E-state index in [2.05, 4.69) is 39.0 Å². The van der Waals surface area contributed by atoms with Crippen molar-refractivity contribution in [2.24, 2.45) is 17.3 Å². The molecule has 1 fully saturated rings. The van der Waals surface area contributed by atoms with Crippen molar-refractivity contribution in [1.29, 1.82) is 0 Å². The molecule has 0 aromatic heterocycles. The lowest BCUT2D eigenvalue weighted by molar-refractivity contribution is 0.0196. The average Bonchev–Trinajstić information content (AvgIpc) is 2.87. The summed E-state index contributed by atoms with van der Waals surface area (Å²) in [6.45, 7) is 7.05. The molecule has 0 amide bonds. The standard InChI is InChI=1S/C20H30O/c1-20(2,3)18-9-10-19(21)17(13-18)12-14-7-8-15-5-4-6-16(15)11-14/h7-8,11,17-19,21H,4-6,9-10,12-13H2,1-3H3. The van der Waals surface area contributed by atoms with E-state index in [4.69, 9.17) is 0 Å². The Bertz CT molecular complexity index is 497. The van der Waals surface area contributed by atoms with Crippen LogP contribution in [-0.2, 0) is 19.3 Å². The van der Waals surface area contributed by atoms with Crippen LogP contribution >= 0.6 is 0 Å². The summed E-state index contributed by atoms with van der Waals surface area (Å²) in [5, 5.41) is 10.4. The zero-order valence-corrected chi connectivity index (χ0v) is 13.9. The van der Waals surface area contributed by atoms with Crippen LogP contribution in [-0.4, -0.2) is 11.2 Å². The molecule has 116 valence electrons. The van der Waals surface area contributed by atoms with Gasteiger partial charge in [-0.05, 0) is 78.9 Å². The lowest BCUT2D eigenvalue weighted by atomic mass is 9.67. The first kappa shape index (κ1) is 15.1. The minimum absolute atomic E-state index is 0.100. The molecule has 0 radical (unpaired) electrons. The highest BCUT2D eigenvalue weighted by atomic mass is 16.3. The Morgan fingerprint density at radius 2 is 1.86 bits per heavy atom. The Morgan fingerprint density at radius 3 is 2.62 bits per heavy atom. The zero-order valence-electron chi connectivity index (χ0n) is 13.9. The van der Waals surface area contributed by atoms with Crippen molar-refractivity contribution in [3.63, 3.8) is 0 Å². The third kappa shape index (κ3) is 3.34. The first-order chi connectivity index (χ1) is 9.93. The quantitative estimate of drug-likeness (QED) is 0.846. The van der Waals surface area contributed by atoms with Gasteiger partial charge in [0.15, 0.2) is 0 Å². The largest absolute Gasteiger partial charge is 0.393 e. The van der Waals surface area contributed by atoms with Gasteiger partial charge in [0, 0.05) is 0 Å². The molecule has 2 aliphatic carbocycles. The van der Waals surface area contributed by atoms with Crippen molar-refractivity contribution in [2.45, 2.75) is 71.8 Å². The van der Waals surface area contributed by atoms with Crippen molar-refractivity contribution >= 4 is 0 Å². The number of hydrogen-bond donors (Lipinski definition) is 1. The number of aliphatic hydroxyl groups excluding tert-OH is 1. The van der Waals surface area contributed by atoms with Crippen molar-refractivity contribution in [3.8, 4) is 0 Å². The molecule has 3 unspecified atom stereocenters. The summed E-state index contributed by atoms with van der Waals surface area (Å²) >= 11 is 0. The van der Waals surface area contributed by atoms with Gasteiger partial charge < -0.3 is 5.11 Å². The van der Waals surface area contributed by atoms with Gasteiger partial charge in [0.2, 0.25) is 0 Å². The van der Waals surface area contributed by atoms with Crippen molar-refractivity contribution in [2.75, 3.05) is 0 Å². The van der Waals surface area contributed by atoms with Crippen LogP contribution in [0.5, 0.6) is 0 Å². The molecule has 3 rings (SSSR count). The number of rotatable bonds is 2. The molecular formula is C20H30O. The predicted octanol–water partition coefficient (Wildman–Crippen LogP) is 4.54. The SMILES string of the molecule is CC(C)(C)C1CCC(O)C(Cc2ccc3c(c2)CCC3)C1. The van der Waals surface area contributed by atoms with E-state index in [1.807, 2.05) is 0 Å². The summed E-state index contributed by atoms with van der Waals surface area (Å²) < 4.78 is 0. The normalized spacial score (nSPS) is 29.4. The number of aliphatic hydroxyl groups is 1. The number of hydrogen-bond acceptors (Lipinski definition) is 1. The highest BCUT2D eigenvalue weighted by Gasteiger charge is 2.35. The molecule has 1 nitrogen and oxygen atoms in total. The summed E-state index contributed by atoms with van der Waals surface area (Å²) in [5.41, 5.74) is 4.92. The molecule has 0 heterocycles. The third-order valence-corrected chi connectivity index (χ3v) is 5.83. The van der Waals surface area contributed by atoms with Gasteiger partial charge in [-0.15, -0.1) is 0 Å². The number of aryl methyl sites for hydroxylation is 2. The summed E-state index contributed by atoms with van der Waals surface area (Å²) in [6, 6.07) is 7.04. The van der Waals surface area contributed by atoms with Crippen LogP contribution in [0, 0.1) is 17.3 Å². The topological polar surface area (TPSA) is 20.2 Å². The summed E-state index contributed by atoms with van der Waals surface area (Å²) in [4.78, 5) is 0. The second-order valence-corrected chi connectivity index (χ2v) is 8.36. The minimum Gasteiger partial charge on any atom is -0.393 e. The Kier molecular flexibility index (Phi) is 4.14. The second kappa shape index (κ2) is 5.76. The Hall–Kier alpha value is -0.820. The van der Waals surface area contributed by atoms with Crippen molar-refractivity contribution in [1.82, 2.24) is 0 Å². The van der Waals surface area contributed by atoms with Gasteiger partial charge in [-0.1, -0.05) is 39.0 Å². The first-order valence-corrected chi connectivity index (χ1v) is 8.72. The van der Waals surface area contributed by atoms with E-state index in [1.165, 1.54) is 37.7 Å². The van der Waals surface area contributed by atoms with Gasteiger partial charge in [-0.25, -0.2) is 0 Å². The van der Waals surface area contributed by atoms with Crippen LogP contribution in [0.15, 0.2) is 18.2 Å². The van der Waals surface area contributed by atoms with Crippen LogP contribution in [0.2, 0.25) is 0 Å². The van der Waals surface area contributed by atoms with Gasteiger partial charge in [-0.2, -0.15) is 0 Å². The molecule has 0 bridgehead atoms. The van der Waals surface area contributed by atoms with Gasteiger partial charge in [-0.3, -0.25) is 0 Å². The van der Waals surface area contributed by atoms with E-state index in [1.54, 1.807) is 11.1 Å². The van der Waals surface area contributed by atoms with E-state index in [-0.39, 0.29) is 6.10 Å². The summed E-state index contributed by atoms with van der Waals surface area (Å²) in [5.74, 6) is 1.20. The first-order valence-electron chi connectivity index (χ1n) is 8.72. The van der Waals surface area contributed by atoms with E-state index >= 15 is 0 Å². The number of benzene rings is 1. The fraction of sp³-hybridized carbons (Fsp3) is 0.700. The maximum atomic E-state index is 10.4. The fourth-order valence-electron chi connectivity index (χ4n) is 4.31. The Labute approximate surface area is 129 Å². The second-order valence-electron chi connectivity index (χ2n) is 8.36. The molecule has 21 heavy (non-hydrogen) atoms. The van der Waals surface area contributed by atoms with E-state index in [0.29, 0.717) is 11.3 Å². The maximum Gasteiger partial charge on any atom is 0.0571 e. The molecule has 3 atom stereocenters. The molecule has 2 aliphatic rings. The van der Waals surface area contributed by atoms with Gasteiger partial charge in [0.05, 0.1) is 6.10 Å². The van der Waals surface area contributed by atoms with Crippen molar-refractivity contribution < 1.29 is 5.11 Å². The monoisotopic (exact) mass is 286 g/mol. The average molecular weight is 286 g/mol. The zero-order chi connectivity index (χ0) is 15.0. The molecule has 0 saturated heterocycles. The van der Waals surface area contributed by atoms with E-state index < -0.39 is 0 Å². The van der Waals surface area contributed by atoms with Crippen molar-refractivity contribution in [3.05, 3.63) is 34.9 Å². The summed E-state index contributed by atoms with van der Waals surface area (Å²) in [6.07, 6.45) is 8.13. The fourth-order valence-corrected chi connectivity index (χ4v) is 4.31. The third-order valence-electron chi connectivity index (χ3n) is 5.83. The molecule has 1 aromatic rings. The Morgan fingerprint density at radius 1 is 1.10 bits per heavy atom. The summed E-state index contributed by atoms with van der Waals surface area (Å²) in [7, 11) is 0. The smallest absolute Gasteiger partial charge is 0.0571 e. The molecule has 0 aliphatic heterocycles. The molecule has 1 N–H and O–H groups in total. The molecule has 1 aromatic carbocycles. The highest BCUT2D eigenvalue weighted by molar-refractivity contribution is 5.35. The molecular weight excluding hydrogens is 256 g/mol.